The highest BCUT2D eigenvalue weighted by Crippen LogP contribution is 2.30. The van der Waals surface area contributed by atoms with Gasteiger partial charge in [-0.2, -0.15) is 0 Å². The molecule has 2 atom stereocenters. The first-order valence-corrected chi connectivity index (χ1v) is 9.56. The van der Waals surface area contributed by atoms with E-state index in [1.165, 1.54) is 19.3 Å². The molecule has 0 unspecified atom stereocenters. The summed E-state index contributed by atoms with van der Waals surface area (Å²) in [6.07, 6.45) is 6.11. The molecule has 0 radical (unpaired) electrons. The van der Waals surface area contributed by atoms with Crippen LogP contribution in [0.4, 0.5) is 4.79 Å². The molecule has 6 heteroatoms. The van der Waals surface area contributed by atoms with Crippen molar-refractivity contribution in [3.05, 3.63) is 0 Å². The van der Waals surface area contributed by atoms with Gasteiger partial charge in [-0.3, -0.25) is 4.90 Å². The highest BCUT2D eigenvalue weighted by Gasteiger charge is 2.39. The Morgan fingerprint density at radius 1 is 1.12 bits per heavy atom. The molecule has 2 aliphatic heterocycles. The standard InChI is InChI=1S/C18H36N4O2/c1-15(13-23)16(2)20-17(24)19-14-18(7-11-21(3)12-8-18)22-9-5-4-6-10-22/h15-16,23H,4-14H2,1-3H3,(H2,19,20,24)/t15-,16+/m0/s1. The summed E-state index contributed by atoms with van der Waals surface area (Å²) in [5.74, 6) is 0.0649. The fourth-order valence-corrected chi connectivity index (χ4v) is 3.81. The summed E-state index contributed by atoms with van der Waals surface area (Å²) >= 11 is 0. The molecule has 0 aliphatic carbocycles. The molecule has 2 rings (SSSR count). The van der Waals surface area contributed by atoms with Crippen LogP contribution in [0.3, 0.4) is 0 Å². The zero-order valence-corrected chi connectivity index (χ0v) is 15.7. The van der Waals surface area contributed by atoms with Gasteiger partial charge >= 0.3 is 6.03 Å². The van der Waals surface area contributed by atoms with Gasteiger partial charge in [-0.05, 0) is 71.8 Å². The summed E-state index contributed by atoms with van der Waals surface area (Å²) in [4.78, 5) is 17.3. The zero-order valence-electron chi connectivity index (χ0n) is 15.7. The molecule has 24 heavy (non-hydrogen) atoms. The van der Waals surface area contributed by atoms with Crippen molar-refractivity contribution in [2.24, 2.45) is 5.92 Å². The number of hydrogen-bond acceptors (Lipinski definition) is 4. The average molecular weight is 341 g/mol. The van der Waals surface area contributed by atoms with Gasteiger partial charge in [0.1, 0.15) is 0 Å². The minimum absolute atomic E-state index is 0.0292. The Labute approximate surface area is 147 Å². The van der Waals surface area contributed by atoms with Crippen LogP contribution in [0.5, 0.6) is 0 Å². The number of piperidine rings is 2. The topological polar surface area (TPSA) is 67.8 Å². The largest absolute Gasteiger partial charge is 0.396 e. The second-order valence-corrected chi connectivity index (χ2v) is 7.85. The van der Waals surface area contributed by atoms with E-state index >= 15 is 0 Å². The number of amides is 2. The van der Waals surface area contributed by atoms with Crippen molar-refractivity contribution in [1.29, 1.82) is 0 Å². The second kappa shape index (κ2) is 9.02. The van der Waals surface area contributed by atoms with Crippen LogP contribution >= 0.6 is 0 Å². The van der Waals surface area contributed by atoms with Gasteiger partial charge in [0, 0.05) is 24.7 Å². The third-order valence-corrected chi connectivity index (χ3v) is 6.02. The lowest BCUT2D eigenvalue weighted by molar-refractivity contribution is 0.0161. The number of carbonyl (C=O) groups is 1. The first kappa shape index (κ1) is 19.5. The van der Waals surface area contributed by atoms with Crippen LogP contribution in [0.15, 0.2) is 0 Å². The van der Waals surface area contributed by atoms with Crippen molar-refractivity contribution in [2.45, 2.75) is 57.5 Å². The van der Waals surface area contributed by atoms with E-state index in [0.717, 1.165) is 39.0 Å². The van der Waals surface area contributed by atoms with Crippen LogP contribution in [0, 0.1) is 5.92 Å². The average Bonchev–Trinajstić information content (AvgIpc) is 2.61. The summed E-state index contributed by atoms with van der Waals surface area (Å²) in [6.45, 7) is 9.19. The number of carbonyl (C=O) groups excluding carboxylic acids is 1. The van der Waals surface area contributed by atoms with Crippen LogP contribution in [0.25, 0.3) is 0 Å². The molecule has 2 aliphatic rings. The van der Waals surface area contributed by atoms with Crippen molar-refractivity contribution in [1.82, 2.24) is 20.4 Å². The molecule has 2 fully saturated rings. The third kappa shape index (κ3) is 5.07. The number of urea groups is 1. The summed E-state index contributed by atoms with van der Waals surface area (Å²) < 4.78 is 0. The van der Waals surface area contributed by atoms with E-state index in [0.29, 0.717) is 6.54 Å². The van der Waals surface area contributed by atoms with E-state index < -0.39 is 0 Å². The number of nitrogens with zero attached hydrogens (tertiary/aromatic N) is 2. The molecular formula is C18H36N4O2. The molecule has 6 nitrogen and oxygen atoms in total. The predicted octanol–water partition coefficient (Wildman–Crippen LogP) is 1.25. The monoisotopic (exact) mass is 340 g/mol. The van der Waals surface area contributed by atoms with Crippen molar-refractivity contribution < 1.29 is 9.90 Å². The number of nitrogens with one attached hydrogen (secondary N) is 2. The Hall–Kier alpha value is -0.850. The minimum Gasteiger partial charge on any atom is -0.396 e. The van der Waals surface area contributed by atoms with Gasteiger partial charge in [-0.15, -0.1) is 0 Å². The van der Waals surface area contributed by atoms with Gasteiger partial charge in [0.05, 0.1) is 0 Å². The number of hydrogen-bond donors (Lipinski definition) is 3. The van der Waals surface area contributed by atoms with Crippen molar-refractivity contribution >= 4 is 6.03 Å². The maximum absolute atomic E-state index is 12.3. The Balaban J connectivity index is 1.92. The van der Waals surface area contributed by atoms with Crippen molar-refractivity contribution in [3.63, 3.8) is 0 Å². The molecular weight excluding hydrogens is 304 g/mol. The molecule has 2 heterocycles. The number of likely N-dealkylation sites (tertiary alicyclic amines) is 2. The molecule has 0 saturated carbocycles. The number of aliphatic hydroxyl groups excluding tert-OH is 1. The lowest BCUT2D eigenvalue weighted by atomic mass is 9.84. The lowest BCUT2D eigenvalue weighted by Gasteiger charge is -2.50. The van der Waals surface area contributed by atoms with Gasteiger partial charge in [-0.25, -0.2) is 4.79 Å². The fourth-order valence-electron chi connectivity index (χ4n) is 3.81. The number of aliphatic hydroxyl groups is 1. The fraction of sp³-hybridized carbons (Fsp3) is 0.944. The minimum atomic E-state index is -0.113. The van der Waals surface area contributed by atoms with E-state index in [1.807, 2.05) is 13.8 Å². The Bertz CT molecular complexity index is 390. The molecule has 3 N–H and O–H groups in total. The van der Waals surface area contributed by atoms with Gasteiger partial charge in [0.25, 0.3) is 0 Å². The summed E-state index contributed by atoms with van der Waals surface area (Å²) in [6, 6.07) is -0.142. The molecule has 0 aromatic heterocycles. The van der Waals surface area contributed by atoms with E-state index in [1.54, 1.807) is 0 Å². The Morgan fingerprint density at radius 2 is 1.75 bits per heavy atom. The van der Waals surface area contributed by atoms with E-state index in [2.05, 4.69) is 27.5 Å². The van der Waals surface area contributed by atoms with Gasteiger partial charge in [-0.1, -0.05) is 13.3 Å². The molecule has 140 valence electrons. The maximum atomic E-state index is 12.3. The van der Waals surface area contributed by atoms with Crippen LogP contribution in [-0.2, 0) is 0 Å². The first-order chi connectivity index (χ1) is 11.5. The molecule has 0 aromatic carbocycles. The maximum Gasteiger partial charge on any atom is 0.315 e. The summed E-state index contributed by atoms with van der Waals surface area (Å²) in [5.41, 5.74) is 0.107. The molecule has 0 aromatic rings. The lowest BCUT2D eigenvalue weighted by Crippen LogP contribution is -2.62. The Kier molecular flexibility index (Phi) is 7.32. The molecule has 0 bridgehead atoms. The van der Waals surface area contributed by atoms with Crippen LogP contribution in [0.2, 0.25) is 0 Å². The second-order valence-electron chi connectivity index (χ2n) is 7.85. The van der Waals surface area contributed by atoms with E-state index in [-0.39, 0.29) is 30.1 Å². The summed E-state index contributed by atoms with van der Waals surface area (Å²) in [7, 11) is 2.18. The van der Waals surface area contributed by atoms with Crippen LogP contribution < -0.4 is 10.6 Å². The smallest absolute Gasteiger partial charge is 0.315 e. The molecule has 2 amide bonds. The quantitative estimate of drug-likeness (QED) is 0.681. The normalized spacial score (nSPS) is 25.0. The third-order valence-electron chi connectivity index (χ3n) is 6.02. The van der Waals surface area contributed by atoms with E-state index in [9.17, 15) is 9.90 Å². The van der Waals surface area contributed by atoms with Crippen molar-refractivity contribution in [2.75, 3.05) is 46.4 Å². The van der Waals surface area contributed by atoms with E-state index in [4.69, 9.17) is 0 Å². The van der Waals surface area contributed by atoms with Gasteiger partial charge in [0.2, 0.25) is 0 Å². The number of rotatable bonds is 6. The molecule has 2 saturated heterocycles. The van der Waals surface area contributed by atoms with Gasteiger partial charge in [0.15, 0.2) is 0 Å². The SMILES string of the molecule is C[C@@H](CO)[C@@H](C)NC(=O)NCC1(N2CCCCC2)CCN(C)CC1. The van der Waals surface area contributed by atoms with Crippen LogP contribution in [0.1, 0.15) is 46.0 Å². The van der Waals surface area contributed by atoms with Crippen molar-refractivity contribution in [3.8, 4) is 0 Å². The predicted molar refractivity (Wildman–Crippen MR) is 97.1 cm³/mol. The zero-order chi connectivity index (χ0) is 17.6. The van der Waals surface area contributed by atoms with Crippen LogP contribution in [-0.4, -0.2) is 78.9 Å². The Morgan fingerprint density at radius 3 is 2.33 bits per heavy atom. The summed E-state index contributed by atoms with van der Waals surface area (Å²) in [5, 5.41) is 15.3. The highest BCUT2D eigenvalue weighted by atomic mass is 16.3. The highest BCUT2D eigenvalue weighted by molar-refractivity contribution is 5.74. The van der Waals surface area contributed by atoms with Gasteiger partial charge < -0.3 is 20.6 Å². The first-order valence-electron chi connectivity index (χ1n) is 9.56. The molecule has 0 spiro atoms.